The first kappa shape index (κ1) is 17.6. The van der Waals surface area contributed by atoms with Crippen molar-refractivity contribution in [2.75, 3.05) is 32.8 Å². The van der Waals surface area contributed by atoms with E-state index >= 15 is 0 Å². The Bertz CT molecular complexity index is 381. The number of aliphatic hydroxyl groups is 1. The van der Waals surface area contributed by atoms with E-state index in [1.54, 1.807) is 0 Å². The lowest BCUT2D eigenvalue weighted by molar-refractivity contribution is -0.148. The molecular formula is C13H22F2N2O4. The van der Waals surface area contributed by atoms with Gasteiger partial charge in [0.05, 0.1) is 18.6 Å². The second-order valence-corrected chi connectivity index (χ2v) is 5.35. The van der Waals surface area contributed by atoms with Crippen LogP contribution in [0.25, 0.3) is 0 Å². The fourth-order valence-corrected chi connectivity index (χ4v) is 2.75. The molecule has 1 saturated heterocycles. The molecule has 0 aliphatic carbocycles. The number of rotatable bonds is 7. The second kappa shape index (κ2) is 7.53. The molecule has 0 aromatic heterocycles. The van der Waals surface area contributed by atoms with E-state index in [1.807, 2.05) is 6.92 Å². The van der Waals surface area contributed by atoms with Gasteiger partial charge in [0, 0.05) is 19.6 Å². The summed E-state index contributed by atoms with van der Waals surface area (Å²) in [6.45, 7) is 0.767. The minimum absolute atomic E-state index is 0.0279. The highest BCUT2D eigenvalue weighted by atomic mass is 19.3. The fraction of sp³-hybridized carbons (Fsp3) is 0.846. The number of alkyl halides is 2. The molecular weight excluding hydrogens is 286 g/mol. The molecule has 1 aliphatic heterocycles. The van der Waals surface area contributed by atoms with E-state index in [4.69, 9.17) is 5.11 Å². The number of halogens is 2. The molecule has 0 aromatic carbocycles. The second-order valence-electron chi connectivity index (χ2n) is 5.35. The van der Waals surface area contributed by atoms with Gasteiger partial charge in [-0.25, -0.2) is 13.6 Å². The Hall–Kier alpha value is -1.44. The molecule has 122 valence electrons. The number of amides is 2. The van der Waals surface area contributed by atoms with Crippen molar-refractivity contribution < 1.29 is 28.6 Å². The van der Waals surface area contributed by atoms with Crippen molar-refractivity contribution in [2.24, 2.45) is 5.41 Å². The molecule has 1 fully saturated rings. The number of aliphatic carboxylic acids is 1. The van der Waals surface area contributed by atoms with E-state index in [9.17, 15) is 23.5 Å². The Morgan fingerprint density at radius 2 is 2.10 bits per heavy atom. The Morgan fingerprint density at radius 1 is 1.43 bits per heavy atom. The summed E-state index contributed by atoms with van der Waals surface area (Å²) in [5.74, 6) is -0.956. The van der Waals surface area contributed by atoms with Gasteiger partial charge in [-0.2, -0.15) is 0 Å². The van der Waals surface area contributed by atoms with Crippen LogP contribution in [0, 0.1) is 5.41 Å². The summed E-state index contributed by atoms with van der Waals surface area (Å²) in [6.07, 6.45) is -1.25. The van der Waals surface area contributed by atoms with Crippen molar-refractivity contribution in [2.45, 2.75) is 32.6 Å². The maximum Gasteiger partial charge on any atom is 0.320 e. The number of carboxylic acids is 1. The SMILES string of the molecule is CCCC1(C(=O)O)CCN(C(=O)N(CCO)CC(F)F)C1. The maximum atomic E-state index is 12.5. The third-order valence-electron chi connectivity index (χ3n) is 3.81. The Balaban J connectivity index is 2.77. The van der Waals surface area contributed by atoms with E-state index in [0.29, 0.717) is 19.3 Å². The van der Waals surface area contributed by atoms with Crippen LogP contribution >= 0.6 is 0 Å². The van der Waals surface area contributed by atoms with Gasteiger partial charge in [-0.3, -0.25) is 4.79 Å². The van der Waals surface area contributed by atoms with Crippen LogP contribution in [-0.4, -0.2) is 71.2 Å². The van der Waals surface area contributed by atoms with Crippen LogP contribution in [-0.2, 0) is 4.79 Å². The van der Waals surface area contributed by atoms with Gasteiger partial charge < -0.3 is 20.0 Å². The number of hydrogen-bond acceptors (Lipinski definition) is 3. The molecule has 0 spiro atoms. The number of carbonyl (C=O) groups excluding carboxylic acids is 1. The number of hydrogen-bond donors (Lipinski definition) is 2. The predicted octanol–water partition coefficient (Wildman–Crippen LogP) is 1.24. The normalized spacial score (nSPS) is 21.9. The Labute approximate surface area is 122 Å². The van der Waals surface area contributed by atoms with E-state index in [0.717, 1.165) is 4.90 Å². The molecule has 0 radical (unpaired) electrons. The average molecular weight is 308 g/mol. The number of likely N-dealkylation sites (tertiary alicyclic amines) is 1. The van der Waals surface area contributed by atoms with Crippen molar-refractivity contribution in [3.63, 3.8) is 0 Å². The maximum absolute atomic E-state index is 12.5. The van der Waals surface area contributed by atoms with Crippen molar-refractivity contribution in [3.05, 3.63) is 0 Å². The summed E-state index contributed by atoms with van der Waals surface area (Å²) in [5, 5.41) is 18.2. The lowest BCUT2D eigenvalue weighted by atomic mass is 9.83. The zero-order chi connectivity index (χ0) is 16.0. The van der Waals surface area contributed by atoms with Crippen molar-refractivity contribution in [1.29, 1.82) is 0 Å². The number of nitrogens with zero attached hydrogens (tertiary/aromatic N) is 2. The molecule has 1 unspecified atom stereocenters. The summed E-state index contributed by atoms with van der Waals surface area (Å²) < 4.78 is 24.9. The molecule has 6 nitrogen and oxygen atoms in total. The van der Waals surface area contributed by atoms with Crippen molar-refractivity contribution in [1.82, 2.24) is 9.80 Å². The molecule has 1 heterocycles. The number of aliphatic hydroxyl groups excluding tert-OH is 1. The molecule has 0 bridgehead atoms. The van der Waals surface area contributed by atoms with Crippen LogP contribution in [0.3, 0.4) is 0 Å². The van der Waals surface area contributed by atoms with Gasteiger partial charge in [-0.15, -0.1) is 0 Å². The molecule has 2 amide bonds. The summed E-state index contributed by atoms with van der Waals surface area (Å²) in [7, 11) is 0. The van der Waals surface area contributed by atoms with E-state index in [2.05, 4.69) is 0 Å². The number of carboxylic acid groups (broad SMARTS) is 1. The molecule has 1 atom stereocenters. The van der Waals surface area contributed by atoms with E-state index in [-0.39, 0.29) is 19.6 Å². The van der Waals surface area contributed by atoms with Gasteiger partial charge in [-0.05, 0) is 12.8 Å². The van der Waals surface area contributed by atoms with Crippen LogP contribution in [0.15, 0.2) is 0 Å². The first-order valence-electron chi connectivity index (χ1n) is 7.02. The Kier molecular flexibility index (Phi) is 6.32. The van der Waals surface area contributed by atoms with Crippen LogP contribution in [0.4, 0.5) is 13.6 Å². The summed E-state index contributed by atoms with van der Waals surface area (Å²) in [5.41, 5.74) is -0.986. The molecule has 1 rings (SSSR count). The van der Waals surface area contributed by atoms with E-state index < -0.39 is 37.0 Å². The third kappa shape index (κ3) is 4.26. The van der Waals surface area contributed by atoms with Gasteiger partial charge in [0.25, 0.3) is 6.43 Å². The van der Waals surface area contributed by atoms with Gasteiger partial charge in [0.2, 0.25) is 0 Å². The molecule has 0 saturated carbocycles. The topological polar surface area (TPSA) is 81.1 Å². The predicted molar refractivity (Wildman–Crippen MR) is 71.2 cm³/mol. The zero-order valence-electron chi connectivity index (χ0n) is 12.1. The minimum atomic E-state index is -2.69. The van der Waals surface area contributed by atoms with Gasteiger partial charge in [-0.1, -0.05) is 13.3 Å². The van der Waals surface area contributed by atoms with Crippen LogP contribution in [0.2, 0.25) is 0 Å². The third-order valence-corrected chi connectivity index (χ3v) is 3.81. The zero-order valence-corrected chi connectivity index (χ0v) is 12.1. The minimum Gasteiger partial charge on any atom is -0.481 e. The average Bonchev–Trinajstić information content (AvgIpc) is 2.83. The highest BCUT2D eigenvalue weighted by Gasteiger charge is 2.46. The molecule has 0 aromatic rings. The monoisotopic (exact) mass is 308 g/mol. The van der Waals surface area contributed by atoms with Gasteiger partial charge in [0.1, 0.15) is 0 Å². The molecule has 2 N–H and O–H groups in total. The van der Waals surface area contributed by atoms with Crippen LogP contribution in [0.1, 0.15) is 26.2 Å². The van der Waals surface area contributed by atoms with Crippen LogP contribution in [0.5, 0.6) is 0 Å². The summed E-state index contributed by atoms with van der Waals surface area (Å²) in [4.78, 5) is 25.8. The summed E-state index contributed by atoms with van der Waals surface area (Å²) >= 11 is 0. The van der Waals surface area contributed by atoms with E-state index in [1.165, 1.54) is 4.90 Å². The quantitative estimate of drug-likeness (QED) is 0.741. The molecule has 8 heteroatoms. The van der Waals surface area contributed by atoms with Crippen molar-refractivity contribution in [3.8, 4) is 0 Å². The highest BCUT2D eigenvalue weighted by Crippen LogP contribution is 2.36. The summed E-state index contributed by atoms with van der Waals surface area (Å²) in [6, 6.07) is -0.636. The standard InChI is InChI=1S/C13H22F2N2O4/c1-2-3-13(11(19)20)4-5-17(9-13)12(21)16(6-7-18)8-10(14)15/h10,18H,2-9H2,1H3,(H,19,20). The smallest absolute Gasteiger partial charge is 0.320 e. The molecule has 1 aliphatic rings. The number of urea groups is 1. The lowest BCUT2D eigenvalue weighted by Crippen LogP contribution is -2.46. The molecule has 21 heavy (non-hydrogen) atoms. The lowest BCUT2D eigenvalue weighted by Gasteiger charge is -2.29. The van der Waals surface area contributed by atoms with Crippen molar-refractivity contribution >= 4 is 12.0 Å². The largest absolute Gasteiger partial charge is 0.481 e. The highest BCUT2D eigenvalue weighted by molar-refractivity contribution is 5.79. The number of carbonyl (C=O) groups is 2. The van der Waals surface area contributed by atoms with Crippen LogP contribution < -0.4 is 0 Å². The first-order valence-corrected chi connectivity index (χ1v) is 7.02. The fourth-order valence-electron chi connectivity index (χ4n) is 2.75. The van der Waals surface area contributed by atoms with Gasteiger partial charge in [0.15, 0.2) is 0 Å². The van der Waals surface area contributed by atoms with Gasteiger partial charge >= 0.3 is 12.0 Å². The Morgan fingerprint density at radius 3 is 2.57 bits per heavy atom. The first-order chi connectivity index (χ1) is 9.86.